The van der Waals surface area contributed by atoms with Crippen molar-refractivity contribution in [3.05, 3.63) is 41.3 Å². The molecule has 3 heterocycles. The largest absolute Gasteiger partial charge is 0.379 e. The summed E-state index contributed by atoms with van der Waals surface area (Å²) in [6, 6.07) is 5.72. The number of aromatic nitrogens is 2. The Bertz CT molecular complexity index is 734. The third-order valence-corrected chi connectivity index (χ3v) is 4.91. The first-order chi connectivity index (χ1) is 12.1. The second-order valence-corrected chi connectivity index (χ2v) is 6.46. The maximum atomic E-state index is 12.1. The van der Waals surface area contributed by atoms with Crippen molar-refractivity contribution in [1.29, 1.82) is 0 Å². The number of hydrogen-bond donors (Lipinski definition) is 1. The molecule has 2 aromatic rings. The summed E-state index contributed by atoms with van der Waals surface area (Å²) in [7, 11) is 0. The first kappa shape index (κ1) is 17.6. The molecule has 0 saturated carbocycles. The summed E-state index contributed by atoms with van der Waals surface area (Å²) < 4.78 is 7.59. The molecule has 25 heavy (non-hydrogen) atoms. The van der Waals surface area contributed by atoms with Gasteiger partial charge in [-0.2, -0.15) is 0 Å². The Balaban J connectivity index is 1.83. The van der Waals surface area contributed by atoms with Gasteiger partial charge in [0.2, 0.25) is 0 Å². The number of hydrogen-bond acceptors (Lipinski definition) is 4. The highest BCUT2D eigenvalue weighted by molar-refractivity contribution is 6.01. The Morgan fingerprint density at radius 2 is 1.96 bits per heavy atom. The van der Waals surface area contributed by atoms with Crippen LogP contribution in [-0.2, 0) is 11.3 Å². The summed E-state index contributed by atoms with van der Waals surface area (Å²) in [5, 5.41) is 0. The number of rotatable bonds is 6. The summed E-state index contributed by atoms with van der Waals surface area (Å²) in [5.74, 6) is -0.395. The Morgan fingerprint density at radius 3 is 2.60 bits per heavy atom. The maximum Gasteiger partial charge on any atom is 0.251 e. The predicted octanol–water partition coefficient (Wildman–Crippen LogP) is 1.99. The van der Waals surface area contributed by atoms with Gasteiger partial charge in [0.05, 0.1) is 24.5 Å². The molecule has 0 aliphatic carbocycles. The van der Waals surface area contributed by atoms with Crippen LogP contribution in [0.15, 0.2) is 24.4 Å². The van der Waals surface area contributed by atoms with E-state index >= 15 is 0 Å². The van der Waals surface area contributed by atoms with Crippen LogP contribution in [0.3, 0.4) is 0 Å². The molecule has 6 heteroatoms. The predicted molar refractivity (Wildman–Crippen MR) is 97.5 cm³/mol. The lowest BCUT2D eigenvalue weighted by molar-refractivity contribution is 0.0369. The second kappa shape index (κ2) is 7.80. The quantitative estimate of drug-likeness (QED) is 0.871. The molecule has 0 radical (unpaired) electrons. The third-order valence-electron chi connectivity index (χ3n) is 4.91. The molecule has 0 spiro atoms. The summed E-state index contributed by atoms with van der Waals surface area (Å²) in [4.78, 5) is 18.9. The van der Waals surface area contributed by atoms with Crippen molar-refractivity contribution in [2.75, 3.05) is 32.8 Å². The lowest BCUT2D eigenvalue weighted by Gasteiger charge is -2.26. The molecule has 1 aliphatic rings. The van der Waals surface area contributed by atoms with Crippen molar-refractivity contribution in [2.45, 2.75) is 26.8 Å². The van der Waals surface area contributed by atoms with E-state index in [4.69, 9.17) is 10.5 Å². The molecule has 2 N–H and O–H groups in total. The number of morpholine rings is 1. The fourth-order valence-electron chi connectivity index (χ4n) is 3.62. The minimum atomic E-state index is -0.395. The van der Waals surface area contributed by atoms with Gasteiger partial charge in [-0.05, 0) is 32.4 Å². The number of pyridine rings is 1. The van der Waals surface area contributed by atoms with Crippen molar-refractivity contribution in [3.8, 4) is 11.3 Å². The van der Waals surface area contributed by atoms with Crippen molar-refractivity contribution < 1.29 is 9.53 Å². The van der Waals surface area contributed by atoms with Crippen molar-refractivity contribution in [2.24, 2.45) is 5.73 Å². The van der Waals surface area contributed by atoms with E-state index in [9.17, 15) is 4.79 Å². The normalized spacial score (nSPS) is 15.4. The number of carbonyl (C=O) groups excluding carboxylic acids is 1. The third kappa shape index (κ3) is 3.75. The fourth-order valence-corrected chi connectivity index (χ4v) is 3.62. The zero-order chi connectivity index (χ0) is 17.8. The lowest BCUT2D eigenvalue weighted by atomic mass is 10.0. The van der Waals surface area contributed by atoms with E-state index in [2.05, 4.69) is 14.5 Å². The summed E-state index contributed by atoms with van der Waals surface area (Å²) >= 11 is 0. The van der Waals surface area contributed by atoms with Crippen LogP contribution in [-0.4, -0.2) is 53.2 Å². The van der Waals surface area contributed by atoms with Crippen molar-refractivity contribution >= 4 is 5.91 Å². The van der Waals surface area contributed by atoms with Crippen LogP contribution in [0.5, 0.6) is 0 Å². The van der Waals surface area contributed by atoms with Gasteiger partial charge in [-0.3, -0.25) is 14.7 Å². The first-order valence-corrected chi connectivity index (χ1v) is 8.80. The number of ether oxygens (including phenoxy) is 1. The Kier molecular flexibility index (Phi) is 5.50. The van der Waals surface area contributed by atoms with Crippen molar-refractivity contribution in [3.63, 3.8) is 0 Å². The molecular formula is C19H26N4O2. The average molecular weight is 342 g/mol. The first-order valence-electron chi connectivity index (χ1n) is 8.80. The SMILES string of the molecule is Cc1c(C(N)=O)c(-c2ccccn2)c(C)n1CCCN1CCOCC1. The molecule has 0 atom stereocenters. The Labute approximate surface area is 148 Å². The van der Waals surface area contributed by atoms with Crippen LogP contribution in [0, 0.1) is 13.8 Å². The highest BCUT2D eigenvalue weighted by atomic mass is 16.5. The van der Waals surface area contributed by atoms with E-state index in [1.807, 2.05) is 32.0 Å². The van der Waals surface area contributed by atoms with Gasteiger partial charge in [0, 0.05) is 49.3 Å². The molecule has 1 fully saturated rings. The van der Waals surface area contributed by atoms with E-state index in [-0.39, 0.29) is 0 Å². The highest BCUT2D eigenvalue weighted by Gasteiger charge is 2.23. The van der Waals surface area contributed by atoms with E-state index in [1.54, 1.807) is 6.20 Å². The van der Waals surface area contributed by atoms with Gasteiger partial charge in [0.15, 0.2) is 0 Å². The summed E-state index contributed by atoms with van der Waals surface area (Å²) in [5.41, 5.74) is 9.89. The van der Waals surface area contributed by atoms with Crippen LogP contribution >= 0.6 is 0 Å². The Hall–Kier alpha value is -2.18. The smallest absolute Gasteiger partial charge is 0.251 e. The van der Waals surface area contributed by atoms with Gasteiger partial charge in [0.25, 0.3) is 5.91 Å². The molecule has 1 saturated heterocycles. The van der Waals surface area contributed by atoms with E-state index < -0.39 is 5.91 Å². The standard InChI is InChI=1S/C19H26N4O2/c1-14-17(16-6-3-4-7-21-16)18(19(20)24)15(2)23(14)9-5-8-22-10-12-25-13-11-22/h3-4,6-7H,5,8-13H2,1-2H3,(H2,20,24). The highest BCUT2D eigenvalue weighted by Crippen LogP contribution is 2.31. The summed E-state index contributed by atoms with van der Waals surface area (Å²) in [6.07, 6.45) is 2.76. The molecule has 3 rings (SSSR count). The molecule has 0 bridgehead atoms. The van der Waals surface area contributed by atoms with Gasteiger partial charge < -0.3 is 15.0 Å². The second-order valence-electron chi connectivity index (χ2n) is 6.46. The number of amides is 1. The minimum absolute atomic E-state index is 0.395. The van der Waals surface area contributed by atoms with Gasteiger partial charge in [-0.15, -0.1) is 0 Å². The minimum Gasteiger partial charge on any atom is -0.379 e. The molecule has 0 unspecified atom stereocenters. The maximum absolute atomic E-state index is 12.1. The molecule has 2 aromatic heterocycles. The van der Waals surface area contributed by atoms with E-state index in [0.29, 0.717) is 5.56 Å². The van der Waals surface area contributed by atoms with Crippen molar-refractivity contribution in [1.82, 2.24) is 14.5 Å². The molecule has 1 amide bonds. The van der Waals surface area contributed by atoms with Crippen LogP contribution in [0.2, 0.25) is 0 Å². The molecule has 0 aromatic carbocycles. The van der Waals surface area contributed by atoms with E-state index in [0.717, 1.165) is 68.5 Å². The van der Waals surface area contributed by atoms with Gasteiger partial charge in [-0.1, -0.05) is 6.07 Å². The fraction of sp³-hybridized carbons (Fsp3) is 0.474. The molecule has 1 aliphatic heterocycles. The summed E-state index contributed by atoms with van der Waals surface area (Å²) in [6.45, 7) is 9.53. The van der Waals surface area contributed by atoms with Gasteiger partial charge in [0.1, 0.15) is 0 Å². The zero-order valence-electron chi connectivity index (χ0n) is 15.0. The van der Waals surface area contributed by atoms with Crippen LogP contribution < -0.4 is 5.73 Å². The monoisotopic (exact) mass is 342 g/mol. The van der Waals surface area contributed by atoms with Crippen LogP contribution in [0.25, 0.3) is 11.3 Å². The molecule has 6 nitrogen and oxygen atoms in total. The number of nitrogens with two attached hydrogens (primary N) is 1. The van der Waals surface area contributed by atoms with Crippen LogP contribution in [0.1, 0.15) is 28.2 Å². The number of primary amides is 1. The average Bonchev–Trinajstić information content (AvgIpc) is 2.88. The number of carbonyl (C=O) groups is 1. The zero-order valence-corrected chi connectivity index (χ0v) is 15.0. The van der Waals surface area contributed by atoms with E-state index in [1.165, 1.54) is 0 Å². The van der Waals surface area contributed by atoms with Gasteiger partial charge >= 0.3 is 0 Å². The lowest BCUT2D eigenvalue weighted by Crippen LogP contribution is -2.37. The Morgan fingerprint density at radius 1 is 1.20 bits per heavy atom. The van der Waals surface area contributed by atoms with Crippen LogP contribution in [0.4, 0.5) is 0 Å². The van der Waals surface area contributed by atoms with Gasteiger partial charge in [-0.25, -0.2) is 0 Å². The topological polar surface area (TPSA) is 73.4 Å². The molecular weight excluding hydrogens is 316 g/mol. The molecule has 134 valence electrons. The number of nitrogens with zero attached hydrogens (tertiary/aromatic N) is 3.